The average molecular weight is 508 g/mol. The quantitative estimate of drug-likeness (QED) is 0.200. The zero-order chi connectivity index (χ0) is 23.0. The van der Waals surface area contributed by atoms with Gasteiger partial charge in [-0.15, -0.1) is 0 Å². The van der Waals surface area contributed by atoms with Crippen LogP contribution in [0, 0.1) is 21.3 Å². The monoisotopic (exact) mass is 507 g/mol. The first-order valence-electron chi connectivity index (χ1n) is 8.11. The molecular weight excluding hydrogens is 484 g/mol. The van der Waals surface area contributed by atoms with Crippen LogP contribution in [0.25, 0.3) is 0 Å². The van der Waals surface area contributed by atoms with E-state index in [-0.39, 0.29) is 17.1 Å². The van der Waals surface area contributed by atoms with Gasteiger partial charge in [-0.1, -0.05) is 10.8 Å². The van der Waals surface area contributed by atoms with Crippen molar-refractivity contribution in [3.63, 3.8) is 0 Å². The normalized spacial score (nSPS) is 7.29. The van der Waals surface area contributed by atoms with E-state index < -0.39 is 0 Å². The number of hydrogen-bond acceptors (Lipinski definition) is 8. The number of nitrogens with zero attached hydrogens (tertiary/aromatic N) is 10. The van der Waals surface area contributed by atoms with Gasteiger partial charge in [0.2, 0.25) is 0 Å². The van der Waals surface area contributed by atoms with Gasteiger partial charge < -0.3 is 43.5 Å². The minimum absolute atomic E-state index is 0. The van der Waals surface area contributed by atoms with Crippen molar-refractivity contribution in [2.75, 3.05) is 0 Å². The van der Waals surface area contributed by atoms with E-state index in [4.69, 9.17) is 10.5 Å². The number of hydrogen-bond donors (Lipinski definition) is 0. The molecule has 0 atom stereocenters. The topological polar surface area (TPSA) is 119 Å². The molecule has 0 saturated carbocycles. The molecule has 0 spiro atoms. The summed E-state index contributed by atoms with van der Waals surface area (Å²) >= 11 is 7.40. The van der Waals surface area contributed by atoms with Gasteiger partial charge in [0.05, 0.1) is 25.3 Å². The summed E-state index contributed by atoms with van der Waals surface area (Å²) in [4.78, 5) is 15.1. The third-order valence-electron chi connectivity index (χ3n) is 2.55. The number of aromatic nitrogens is 8. The van der Waals surface area contributed by atoms with Gasteiger partial charge in [-0.2, -0.15) is 0 Å². The van der Waals surface area contributed by atoms with Crippen molar-refractivity contribution in [1.82, 2.24) is 38.2 Å². The second kappa shape index (κ2) is 24.8. The van der Waals surface area contributed by atoms with Crippen molar-refractivity contribution in [3.8, 4) is 10.8 Å². The summed E-state index contributed by atoms with van der Waals surface area (Å²) in [6.07, 6.45) is 21.6. The van der Waals surface area contributed by atoms with Crippen LogP contribution in [-0.2, 0) is 70.5 Å². The molecule has 4 heterocycles. The van der Waals surface area contributed by atoms with E-state index in [1.165, 1.54) is 10.8 Å². The van der Waals surface area contributed by atoms with Gasteiger partial charge in [0.1, 0.15) is 0 Å². The van der Waals surface area contributed by atoms with Crippen LogP contribution in [0.5, 0.6) is 0 Å². The SMILES string of the molecule is Cn1ccnc1.Cn1ccnc1.Cn1ccnc1.Cn1ccnc1.N#C[S-].N#C[S-].[Cu+2]. The molecule has 10 nitrogen and oxygen atoms in total. The molecule has 4 aromatic rings. The van der Waals surface area contributed by atoms with Crippen LogP contribution in [0.1, 0.15) is 0 Å². The van der Waals surface area contributed by atoms with Gasteiger partial charge in [0.15, 0.2) is 0 Å². The molecule has 0 N–H and O–H groups in total. The van der Waals surface area contributed by atoms with Crippen molar-refractivity contribution in [2.45, 2.75) is 0 Å². The molecule has 0 saturated heterocycles. The van der Waals surface area contributed by atoms with Crippen LogP contribution >= 0.6 is 0 Å². The zero-order valence-electron chi connectivity index (χ0n) is 17.5. The van der Waals surface area contributed by atoms with Crippen LogP contribution in [0.2, 0.25) is 0 Å². The molecular formula is C18H24CuN10S2. The van der Waals surface area contributed by atoms with E-state index in [1.54, 1.807) is 50.1 Å². The third kappa shape index (κ3) is 26.8. The van der Waals surface area contributed by atoms with Gasteiger partial charge in [-0.25, -0.2) is 30.5 Å². The van der Waals surface area contributed by atoms with Gasteiger partial charge in [-0.05, 0) is 0 Å². The molecule has 0 aliphatic heterocycles. The van der Waals surface area contributed by atoms with E-state index in [2.05, 4.69) is 45.2 Å². The molecule has 31 heavy (non-hydrogen) atoms. The van der Waals surface area contributed by atoms with Crippen molar-refractivity contribution < 1.29 is 17.1 Å². The van der Waals surface area contributed by atoms with Crippen LogP contribution in [0.3, 0.4) is 0 Å². The van der Waals surface area contributed by atoms with E-state index in [0.717, 1.165) is 0 Å². The van der Waals surface area contributed by atoms with Crippen molar-refractivity contribution >= 4 is 25.3 Å². The number of imidazole rings is 4. The maximum Gasteiger partial charge on any atom is 2.00 e. The fourth-order valence-electron chi connectivity index (χ4n) is 1.30. The fourth-order valence-corrected chi connectivity index (χ4v) is 1.30. The average Bonchev–Trinajstić information content (AvgIpc) is 3.49. The van der Waals surface area contributed by atoms with E-state index in [0.29, 0.717) is 0 Å². The van der Waals surface area contributed by atoms with Crippen LogP contribution in [-0.4, -0.2) is 38.2 Å². The number of thiocyanates is 2. The predicted octanol–water partition coefficient (Wildman–Crippen LogP) is 1.71. The molecule has 0 unspecified atom stereocenters. The summed E-state index contributed by atoms with van der Waals surface area (Å²) in [5, 5.41) is 16.9. The molecule has 13 heteroatoms. The first kappa shape index (κ1) is 32.4. The van der Waals surface area contributed by atoms with Crippen molar-refractivity contribution in [2.24, 2.45) is 28.2 Å². The maximum absolute atomic E-state index is 7.13. The first-order chi connectivity index (χ1) is 14.4. The van der Waals surface area contributed by atoms with Gasteiger partial charge in [0, 0.05) is 77.8 Å². The Bertz CT molecular complexity index is 738. The Morgan fingerprint density at radius 2 is 0.710 bits per heavy atom. The molecule has 0 aliphatic carbocycles. The van der Waals surface area contributed by atoms with Gasteiger partial charge in [0.25, 0.3) is 0 Å². The summed E-state index contributed by atoms with van der Waals surface area (Å²) in [6, 6.07) is 0. The molecule has 0 fully saturated rings. The number of aryl methyl sites for hydroxylation is 4. The van der Waals surface area contributed by atoms with E-state index in [1.807, 2.05) is 71.2 Å². The second-order valence-corrected chi connectivity index (χ2v) is 5.46. The molecule has 0 bridgehead atoms. The van der Waals surface area contributed by atoms with Crippen LogP contribution < -0.4 is 0 Å². The minimum Gasteiger partial charge on any atom is -0.696 e. The van der Waals surface area contributed by atoms with Crippen LogP contribution in [0.4, 0.5) is 0 Å². The van der Waals surface area contributed by atoms with E-state index in [9.17, 15) is 0 Å². The standard InChI is InChI=1S/4C4H6N2.2CHNS.Cu/c4*1-6-3-2-5-4-6;2*2-1-3;/h4*2-4H,1H3;2*3H;/q;;;;;;+2/p-2. The molecule has 169 valence electrons. The Labute approximate surface area is 204 Å². The number of rotatable bonds is 0. The molecule has 4 rings (SSSR count). The van der Waals surface area contributed by atoms with E-state index >= 15 is 0 Å². The maximum atomic E-state index is 7.13. The molecule has 1 radical (unpaired) electrons. The molecule has 0 aromatic carbocycles. The summed E-state index contributed by atoms with van der Waals surface area (Å²) in [7, 11) is 7.75. The van der Waals surface area contributed by atoms with Gasteiger partial charge >= 0.3 is 17.1 Å². The predicted molar refractivity (Wildman–Crippen MR) is 119 cm³/mol. The summed E-state index contributed by atoms with van der Waals surface area (Å²) in [6.45, 7) is 0. The Hall–Kier alpha value is -3.22. The fraction of sp³-hybridized carbons (Fsp3) is 0.222. The second-order valence-electron chi connectivity index (χ2n) is 5.10. The summed E-state index contributed by atoms with van der Waals surface area (Å²) in [5.41, 5.74) is 0. The van der Waals surface area contributed by atoms with Gasteiger partial charge in [-0.3, -0.25) is 0 Å². The Balaban J connectivity index is -0.000000309. The smallest absolute Gasteiger partial charge is 0.696 e. The number of nitriles is 2. The Morgan fingerprint density at radius 3 is 0.742 bits per heavy atom. The molecule has 0 amide bonds. The molecule has 4 aromatic heterocycles. The van der Waals surface area contributed by atoms with Crippen molar-refractivity contribution in [1.29, 1.82) is 10.5 Å². The minimum atomic E-state index is 0. The summed E-state index contributed by atoms with van der Waals surface area (Å²) in [5.74, 6) is 0. The molecule has 0 aliphatic rings. The Morgan fingerprint density at radius 1 is 0.548 bits per heavy atom. The zero-order valence-corrected chi connectivity index (χ0v) is 20.1. The summed E-state index contributed by atoms with van der Waals surface area (Å²) < 4.78 is 7.56. The first-order valence-corrected chi connectivity index (χ1v) is 8.93. The largest absolute Gasteiger partial charge is 2.00 e. The van der Waals surface area contributed by atoms with Crippen molar-refractivity contribution in [3.05, 3.63) is 74.9 Å². The third-order valence-corrected chi connectivity index (χ3v) is 2.55. The van der Waals surface area contributed by atoms with Crippen LogP contribution in [0.15, 0.2) is 74.9 Å². The Kier molecular flexibility index (Phi) is 26.0.